The lowest BCUT2D eigenvalue weighted by molar-refractivity contribution is 0.619. The van der Waals surface area contributed by atoms with Gasteiger partial charge in [0.25, 0.3) is 0 Å². The first-order valence-electron chi connectivity index (χ1n) is 2.73. The van der Waals surface area contributed by atoms with Crippen molar-refractivity contribution in [1.82, 2.24) is 0 Å². The zero-order valence-corrected chi connectivity index (χ0v) is 8.20. The third-order valence-corrected chi connectivity index (χ3v) is 2.84. The van der Waals surface area contributed by atoms with Crippen molar-refractivity contribution < 1.29 is 4.39 Å². The Balaban J connectivity index is 3.34. The van der Waals surface area contributed by atoms with E-state index < -0.39 is 0 Å². The molecule has 0 N–H and O–H groups in total. The van der Waals surface area contributed by atoms with Crippen LogP contribution in [0.15, 0.2) is 12.1 Å². The zero-order valence-electron chi connectivity index (χ0n) is 5.29. The average molecular weight is 270 g/mol. The number of halogens is 3. The fourth-order valence-corrected chi connectivity index (χ4v) is 1.41. The van der Waals surface area contributed by atoms with Crippen molar-refractivity contribution >= 4 is 34.2 Å². The molecule has 54 valence electrons. The Bertz CT molecular complexity index is 233. The molecule has 1 aromatic carbocycles. The first-order valence-corrected chi connectivity index (χ1v) is 4.18. The highest BCUT2D eigenvalue weighted by atomic mass is 127. The molecule has 0 aliphatic heterocycles. The Morgan fingerprint density at radius 3 is 2.60 bits per heavy atom. The molecule has 0 saturated carbocycles. The number of benzene rings is 1. The lowest BCUT2D eigenvalue weighted by atomic mass is 10.2. The molecule has 10 heavy (non-hydrogen) atoms. The third kappa shape index (κ3) is 1.42. The van der Waals surface area contributed by atoms with Gasteiger partial charge in [0.15, 0.2) is 5.82 Å². The SMILES string of the molecule is Cc1ccc(Cl)c(F)c1I. The molecule has 0 fully saturated rings. The largest absolute Gasteiger partial charge is 0.204 e. The molecule has 0 aliphatic rings. The Morgan fingerprint density at radius 1 is 1.50 bits per heavy atom. The number of rotatable bonds is 0. The number of hydrogen-bond acceptors (Lipinski definition) is 0. The van der Waals surface area contributed by atoms with Crippen molar-refractivity contribution in [3.8, 4) is 0 Å². The summed E-state index contributed by atoms with van der Waals surface area (Å²) in [6, 6.07) is 3.36. The summed E-state index contributed by atoms with van der Waals surface area (Å²) >= 11 is 7.44. The summed E-state index contributed by atoms with van der Waals surface area (Å²) < 4.78 is 13.5. The van der Waals surface area contributed by atoms with Gasteiger partial charge in [-0.05, 0) is 41.1 Å². The van der Waals surface area contributed by atoms with E-state index in [0.717, 1.165) is 5.56 Å². The predicted octanol–water partition coefficient (Wildman–Crippen LogP) is 3.39. The third-order valence-electron chi connectivity index (χ3n) is 1.23. The van der Waals surface area contributed by atoms with E-state index >= 15 is 0 Å². The molecule has 0 bridgehead atoms. The molecule has 3 heteroatoms. The van der Waals surface area contributed by atoms with E-state index in [1.807, 2.05) is 29.5 Å². The van der Waals surface area contributed by atoms with Gasteiger partial charge in [0.1, 0.15) is 0 Å². The van der Waals surface area contributed by atoms with E-state index in [-0.39, 0.29) is 10.8 Å². The molecule has 0 spiro atoms. The van der Waals surface area contributed by atoms with Gasteiger partial charge in [-0.1, -0.05) is 17.7 Å². The van der Waals surface area contributed by atoms with Crippen molar-refractivity contribution in [3.05, 3.63) is 32.1 Å². The second kappa shape index (κ2) is 3.05. The van der Waals surface area contributed by atoms with Gasteiger partial charge < -0.3 is 0 Å². The van der Waals surface area contributed by atoms with Crippen LogP contribution in [0.4, 0.5) is 4.39 Å². The standard InChI is InChI=1S/C7H5ClFI/c1-4-2-3-5(8)6(9)7(4)10/h2-3H,1H3. The highest BCUT2D eigenvalue weighted by molar-refractivity contribution is 14.1. The summed E-state index contributed by atoms with van der Waals surface area (Å²) in [7, 11) is 0. The second-order valence-corrected chi connectivity index (χ2v) is 3.48. The molecule has 0 atom stereocenters. The van der Waals surface area contributed by atoms with Crippen LogP contribution in [0.2, 0.25) is 5.02 Å². The maximum Gasteiger partial charge on any atom is 0.155 e. The number of hydrogen-bond donors (Lipinski definition) is 0. The topological polar surface area (TPSA) is 0 Å². The van der Waals surface area contributed by atoms with Crippen LogP contribution in [0.1, 0.15) is 5.56 Å². The Labute approximate surface area is 77.5 Å². The first kappa shape index (κ1) is 8.27. The van der Waals surface area contributed by atoms with Crippen LogP contribution in [0.25, 0.3) is 0 Å². The highest BCUT2D eigenvalue weighted by Crippen LogP contribution is 2.22. The van der Waals surface area contributed by atoms with Crippen molar-refractivity contribution in [1.29, 1.82) is 0 Å². The smallest absolute Gasteiger partial charge is 0.155 e. The van der Waals surface area contributed by atoms with Gasteiger partial charge in [0.2, 0.25) is 0 Å². The molecule has 0 aromatic heterocycles. The lowest BCUT2D eigenvalue weighted by Gasteiger charge is -1.99. The fraction of sp³-hybridized carbons (Fsp3) is 0.143. The highest BCUT2D eigenvalue weighted by Gasteiger charge is 2.05. The van der Waals surface area contributed by atoms with E-state index in [1.165, 1.54) is 0 Å². The summed E-state index contributed by atoms with van der Waals surface area (Å²) in [5, 5.41) is 0.190. The normalized spacial score (nSPS) is 10.0. The van der Waals surface area contributed by atoms with Gasteiger partial charge in [-0.2, -0.15) is 0 Å². The minimum atomic E-state index is -0.317. The first-order chi connectivity index (χ1) is 4.63. The second-order valence-electron chi connectivity index (χ2n) is 1.99. The Morgan fingerprint density at radius 2 is 2.10 bits per heavy atom. The molecular formula is C7H5ClFI. The number of aryl methyl sites for hydroxylation is 1. The molecule has 0 radical (unpaired) electrons. The summed E-state index contributed by atoms with van der Waals surface area (Å²) in [4.78, 5) is 0. The molecule has 1 rings (SSSR count). The van der Waals surface area contributed by atoms with Gasteiger partial charge in [-0.3, -0.25) is 0 Å². The van der Waals surface area contributed by atoms with Gasteiger partial charge >= 0.3 is 0 Å². The molecule has 0 saturated heterocycles. The summed E-state index contributed by atoms with van der Waals surface area (Å²) in [6.45, 7) is 1.85. The van der Waals surface area contributed by atoms with E-state index in [0.29, 0.717) is 3.57 Å². The Hall–Kier alpha value is 0.170. The van der Waals surface area contributed by atoms with E-state index in [9.17, 15) is 4.39 Å². The monoisotopic (exact) mass is 270 g/mol. The summed E-state index contributed by atoms with van der Waals surface area (Å²) in [5.41, 5.74) is 0.919. The van der Waals surface area contributed by atoms with Crippen molar-refractivity contribution in [2.45, 2.75) is 6.92 Å². The molecule has 1 aromatic rings. The van der Waals surface area contributed by atoms with Crippen molar-refractivity contribution in [2.24, 2.45) is 0 Å². The van der Waals surface area contributed by atoms with E-state index in [1.54, 1.807) is 12.1 Å². The average Bonchev–Trinajstić information content (AvgIpc) is 1.93. The summed E-state index contributed by atoms with van der Waals surface area (Å²) in [6.07, 6.45) is 0. The van der Waals surface area contributed by atoms with Crippen molar-refractivity contribution in [2.75, 3.05) is 0 Å². The summed E-state index contributed by atoms with van der Waals surface area (Å²) in [5.74, 6) is -0.317. The van der Waals surface area contributed by atoms with Gasteiger partial charge in [0.05, 0.1) is 8.59 Å². The minimum absolute atomic E-state index is 0.190. The van der Waals surface area contributed by atoms with Gasteiger partial charge in [-0.25, -0.2) is 4.39 Å². The Kier molecular flexibility index (Phi) is 2.52. The molecular weight excluding hydrogens is 265 g/mol. The predicted molar refractivity (Wildman–Crippen MR) is 48.9 cm³/mol. The zero-order chi connectivity index (χ0) is 7.72. The van der Waals surface area contributed by atoms with Crippen LogP contribution in [0.5, 0.6) is 0 Å². The van der Waals surface area contributed by atoms with Crippen LogP contribution in [-0.4, -0.2) is 0 Å². The van der Waals surface area contributed by atoms with Gasteiger partial charge in [0, 0.05) is 0 Å². The van der Waals surface area contributed by atoms with Crippen LogP contribution >= 0.6 is 34.2 Å². The van der Waals surface area contributed by atoms with Crippen LogP contribution in [0.3, 0.4) is 0 Å². The molecule has 0 aliphatic carbocycles. The fourth-order valence-electron chi connectivity index (χ4n) is 0.622. The minimum Gasteiger partial charge on any atom is -0.204 e. The maximum atomic E-state index is 12.9. The van der Waals surface area contributed by atoms with Crippen LogP contribution < -0.4 is 0 Å². The van der Waals surface area contributed by atoms with Crippen molar-refractivity contribution in [3.63, 3.8) is 0 Å². The van der Waals surface area contributed by atoms with E-state index in [2.05, 4.69) is 0 Å². The lowest BCUT2D eigenvalue weighted by Crippen LogP contribution is -1.86. The molecule has 0 heterocycles. The van der Waals surface area contributed by atoms with Crippen LogP contribution in [-0.2, 0) is 0 Å². The van der Waals surface area contributed by atoms with Crippen LogP contribution in [0, 0.1) is 16.3 Å². The quantitative estimate of drug-likeness (QED) is 0.501. The van der Waals surface area contributed by atoms with E-state index in [4.69, 9.17) is 11.6 Å². The molecule has 0 unspecified atom stereocenters. The maximum absolute atomic E-state index is 12.9. The van der Waals surface area contributed by atoms with Gasteiger partial charge in [-0.15, -0.1) is 0 Å². The molecule has 0 amide bonds. The molecule has 0 nitrogen and oxygen atoms in total.